The average molecular weight is 474 g/mol. The topological polar surface area (TPSA) is 30.9 Å². The van der Waals surface area contributed by atoms with Crippen LogP contribution in [0.25, 0.3) is 0 Å². The third kappa shape index (κ3) is 4.68. The van der Waals surface area contributed by atoms with Crippen LogP contribution in [0.3, 0.4) is 0 Å². The fourth-order valence-electron chi connectivity index (χ4n) is 4.14. The van der Waals surface area contributed by atoms with E-state index in [9.17, 15) is 4.39 Å². The number of aliphatic imine (C=N–C) groups is 1. The maximum absolute atomic E-state index is 14.2. The number of nitrogens with one attached hydrogen (secondary N) is 1. The van der Waals surface area contributed by atoms with E-state index in [4.69, 9.17) is 0 Å². The van der Waals surface area contributed by atoms with Crippen molar-refractivity contribution in [2.45, 2.75) is 44.1 Å². The minimum absolute atomic E-state index is 0. The van der Waals surface area contributed by atoms with E-state index in [-0.39, 0.29) is 35.2 Å². The molecule has 1 saturated heterocycles. The van der Waals surface area contributed by atoms with Crippen molar-refractivity contribution in [2.75, 3.05) is 40.3 Å². The first-order chi connectivity index (χ1) is 12.1. The first-order valence-electron chi connectivity index (χ1n) is 9.50. The summed E-state index contributed by atoms with van der Waals surface area (Å²) in [5.74, 6) is 0.820. The van der Waals surface area contributed by atoms with Crippen molar-refractivity contribution in [2.24, 2.45) is 4.99 Å². The molecule has 2 fully saturated rings. The lowest BCUT2D eigenvalue weighted by Crippen LogP contribution is -2.47. The molecule has 6 heteroatoms. The smallest absolute Gasteiger partial charge is 0.193 e. The summed E-state index contributed by atoms with van der Waals surface area (Å²) in [6, 6.07) is 7.79. The predicted octanol–water partition coefficient (Wildman–Crippen LogP) is 3.47. The molecular weight excluding hydrogens is 442 g/mol. The molecule has 0 bridgehead atoms. The number of benzene rings is 1. The van der Waals surface area contributed by atoms with Gasteiger partial charge in [0.1, 0.15) is 5.82 Å². The van der Waals surface area contributed by atoms with Gasteiger partial charge in [-0.15, -0.1) is 24.0 Å². The first kappa shape index (κ1) is 21.4. The molecular formula is C20H32FIN4. The van der Waals surface area contributed by atoms with E-state index in [1.54, 1.807) is 12.1 Å². The van der Waals surface area contributed by atoms with E-state index in [0.717, 1.165) is 44.0 Å². The Balaban J connectivity index is 0.00000243. The molecule has 1 saturated carbocycles. The summed E-state index contributed by atoms with van der Waals surface area (Å²) in [5, 5.41) is 3.50. The van der Waals surface area contributed by atoms with Crippen LogP contribution in [-0.2, 0) is 5.41 Å². The predicted molar refractivity (Wildman–Crippen MR) is 117 cm³/mol. The van der Waals surface area contributed by atoms with E-state index in [0.29, 0.717) is 6.04 Å². The summed E-state index contributed by atoms with van der Waals surface area (Å²) < 4.78 is 14.2. The van der Waals surface area contributed by atoms with Gasteiger partial charge in [-0.1, -0.05) is 25.1 Å². The number of rotatable bonds is 6. The van der Waals surface area contributed by atoms with E-state index in [1.807, 2.05) is 19.2 Å². The van der Waals surface area contributed by atoms with Gasteiger partial charge in [0.15, 0.2) is 5.96 Å². The molecule has 1 N–H and O–H groups in total. The number of hydrogen-bond donors (Lipinski definition) is 1. The zero-order valence-corrected chi connectivity index (χ0v) is 18.5. The maximum atomic E-state index is 14.2. The molecule has 0 amide bonds. The lowest BCUT2D eigenvalue weighted by molar-refractivity contribution is 0.232. The van der Waals surface area contributed by atoms with E-state index >= 15 is 0 Å². The van der Waals surface area contributed by atoms with Crippen molar-refractivity contribution in [1.82, 2.24) is 15.1 Å². The lowest BCUT2D eigenvalue weighted by atomic mass is 9.95. The number of hydrogen-bond acceptors (Lipinski definition) is 2. The van der Waals surface area contributed by atoms with Crippen molar-refractivity contribution in [3.8, 4) is 0 Å². The van der Waals surface area contributed by atoms with Crippen LogP contribution >= 0.6 is 24.0 Å². The Labute approximate surface area is 174 Å². The van der Waals surface area contributed by atoms with Gasteiger partial charge in [-0.05, 0) is 50.4 Å². The Kier molecular flexibility index (Phi) is 7.70. The van der Waals surface area contributed by atoms with Crippen LogP contribution in [0.2, 0.25) is 0 Å². The van der Waals surface area contributed by atoms with Crippen LogP contribution in [0.5, 0.6) is 0 Å². The molecule has 4 nitrogen and oxygen atoms in total. The molecule has 1 unspecified atom stereocenters. The molecule has 26 heavy (non-hydrogen) atoms. The Morgan fingerprint density at radius 1 is 1.38 bits per heavy atom. The fraction of sp³-hybridized carbons (Fsp3) is 0.650. The van der Waals surface area contributed by atoms with Gasteiger partial charge < -0.3 is 10.2 Å². The van der Waals surface area contributed by atoms with Crippen LogP contribution < -0.4 is 5.32 Å². The minimum Gasteiger partial charge on any atom is -0.355 e. The van der Waals surface area contributed by atoms with Crippen LogP contribution in [0, 0.1) is 5.82 Å². The standard InChI is InChI=1S/C20H31FN4.HI/c1-4-25-13-7-8-16(25)14-24(3)19(22-2)23-15-20(11-12-20)17-9-5-6-10-18(17)21;/h5-6,9-10,16H,4,7-8,11-15H2,1-3H3,(H,22,23);1H. The molecule has 1 aromatic carbocycles. The molecule has 146 valence electrons. The van der Waals surface area contributed by atoms with Gasteiger partial charge in [0.05, 0.1) is 0 Å². The quantitative estimate of drug-likeness (QED) is 0.389. The number of guanidine groups is 1. The van der Waals surface area contributed by atoms with Crippen LogP contribution in [0.15, 0.2) is 29.3 Å². The molecule has 3 rings (SSSR count). The highest BCUT2D eigenvalue weighted by Crippen LogP contribution is 2.48. The summed E-state index contributed by atoms with van der Waals surface area (Å²) in [5.41, 5.74) is 0.777. The molecule has 0 aromatic heterocycles. The molecule has 1 atom stereocenters. The second-order valence-electron chi connectivity index (χ2n) is 7.47. The van der Waals surface area contributed by atoms with Crippen molar-refractivity contribution >= 4 is 29.9 Å². The highest BCUT2D eigenvalue weighted by Gasteiger charge is 2.46. The summed E-state index contributed by atoms with van der Waals surface area (Å²) in [7, 11) is 3.93. The highest BCUT2D eigenvalue weighted by atomic mass is 127. The van der Waals surface area contributed by atoms with Gasteiger partial charge >= 0.3 is 0 Å². The van der Waals surface area contributed by atoms with E-state index in [1.165, 1.54) is 19.4 Å². The fourth-order valence-corrected chi connectivity index (χ4v) is 4.14. The minimum atomic E-state index is -0.0883. The SMILES string of the molecule is CCN1CCCC1CN(C)C(=NC)NCC1(c2ccccc2F)CC1.I. The number of likely N-dealkylation sites (N-methyl/N-ethyl adjacent to an activating group) is 2. The second-order valence-corrected chi connectivity index (χ2v) is 7.47. The Morgan fingerprint density at radius 3 is 2.73 bits per heavy atom. The Bertz CT molecular complexity index is 618. The van der Waals surface area contributed by atoms with Gasteiger partial charge in [0, 0.05) is 38.6 Å². The van der Waals surface area contributed by atoms with Gasteiger partial charge in [0.25, 0.3) is 0 Å². The number of nitrogens with zero attached hydrogens (tertiary/aromatic N) is 3. The lowest BCUT2D eigenvalue weighted by Gasteiger charge is -2.30. The molecule has 1 aromatic rings. The number of halogens is 2. The monoisotopic (exact) mass is 474 g/mol. The van der Waals surface area contributed by atoms with Crippen molar-refractivity contribution in [3.05, 3.63) is 35.6 Å². The van der Waals surface area contributed by atoms with Crippen molar-refractivity contribution in [1.29, 1.82) is 0 Å². The van der Waals surface area contributed by atoms with E-state index in [2.05, 4.69) is 34.1 Å². The van der Waals surface area contributed by atoms with Crippen LogP contribution in [0.4, 0.5) is 4.39 Å². The summed E-state index contributed by atoms with van der Waals surface area (Å²) in [4.78, 5) is 9.21. The zero-order valence-electron chi connectivity index (χ0n) is 16.2. The van der Waals surface area contributed by atoms with Crippen LogP contribution in [-0.4, -0.2) is 62.1 Å². The Hall–Kier alpha value is -0.890. The van der Waals surface area contributed by atoms with Crippen molar-refractivity contribution < 1.29 is 4.39 Å². The summed E-state index contributed by atoms with van der Waals surface area (Å²) in [6.07, 6.45) is 4.62. The maximum Gasteiger partial charge on any atom is 0.193 e. The molecule has 1 aliphatic carbocycles. The van der Waals surface area contributed by atoms with Crippen LogP contribution in [0.1, 0.15) is 38.2 Å². The normalized spacial score (nSPS) is 22.0. The third-order valence-corrected chi connectivity index (χ3v) is 5.85. The van der Waals surface area contributed by atoms with Gasteiger partial charge in [-0.3, -0.25) is 9.89 Å². The van der Waals surface area contributed by atoms with Crippen molar-refractivity contribution in [3.63, 3.8) is 0 Å². The van der Waals surface area contributed by atoms with Gasteiger partial charge in [0.2, 0.25) is 0 Å². The van der Waals surface area contributed by atoms with Gasteiger partial charge in [-0.25, -0.2) is 4.39 Å². The summed E-state index contributed by atoms with van der Waals surface area (Å²) in [6.45, 7) is 6.28. The largest absolute Gasteiger partial charge is 0.355 e. The second kappa shape index (κ2) is 9.35. The third-order valence-electron chi connectivity index (χ3n) is 5.85. The molecule has 1 aliphatic heterocycles. The average Bonchev–Trinajstić information content (AvgIpc) is 3.26. The summed E-state index contributed by atoms with van der Waals surface area (Å²) >= 11 is 0. The van der Waals surface area contributed by atoms with Gasteiger partial charge in [-0.2, -0.15) is 0 Å². The Morgan fingerprint density at radius 2 is 2.12 bits per heavy atom. The highest BCUT2D eigenvalue weighted by molar-refractivity contribution is 14.0. The molecule has 2 aliphatic rings. The molecule has 1 heterocycles. The zero-order chi connectivity index (χ0) is 17.9. The molecule has 0 radical (unpaired) electrons. The number of likely N-dealkylation sites (tertiary alicyclic amines) is 1. The molecule has 0 spiro atoms. The first-order valence-corrected chi connectivity index (χ1v) is 9.50. The van der Waals surface area contributed by atoms with E-state index < -0.39 is 0 Å².